The first kappa shape index (κ1) is 17.7. The second kappa shape index (κ2) is 7.83. The molecule has 3 rings (SSSR count). The quantitative estimate of drug-likeness (QED) is 0.699. The third-order valence-corrected chi connectivity index (χ3v) is 4.19. The molecule has 132 valence electrons. The van der Waals surface area contributed by atoms with Gasteiger partial charge in [-0.1, -0.05) is 29.8 Å². The number of pyridine rings is 1. The molecular formula is C22H23N3O. The normalized spacial score (nSPS) is 10.4. The van der Waals surface area contributed by atoms with E-state index in [0.29, 0.717) is 11.3 Å². The van der Waals surface area contributed by atoms with Crippen molar-refractivity contribution in [2.24, 2.45) is 0 Å². The van der Waals surface area contributed by atoms with Crippen molar-refractivity contribution in [3.8, 4) is 0 Å². The minimum absolute atomic E-state index is 0.130. The number of hydrogen-bond acceptors (Lipinski definition) is 3. The molecule has 3 aromatic rings. The Bertz CT molecular complexity index is 903. The number of anilines is 3. The van der Waals surface area contributed by atoms with Gasteiger partial charge in [0.2, 0.25) is 0 Å². The molecule has 2 aromatic carbocycles. The Kier molecular flexibility index (Phi) is 5.32. The van der Waals surface area contributed by atoms with Gasteiger partial charge in [0, 0.05) is 17.8 Å². The monoisotopic (exact) mass is 345 g/mol. The molecule has 0 aliphatic heterocycles. The number of aryl methyl sites for hydroxylation is 2. The smallest absolute Gasteiger partial charge is 0.255 e. The molecule has 1 N–H and O–H groups in total. The van der Waals surface area contributed by atoms with E-state index in [9.17, 15) is 4.79 Å². The largest absolute Gasteiger partial charge is 0.327 e. The van der Waals surface area contributed by atoms with Gasteiger partial charge in [0.15, 0.2) is 0 Å². The molecule has 0 fully saturated rings. The van der Waals surface area contributed by atoms with Gasteiger partial charge in [-0.25, -0.2) is 4.98 Å². The van der Waals surface area contributed by atoms with Crippen molar-refractivity contribution in [2.75, 3.05) is 16.8 Å². The number of carbonyl (C=O) groups excluding carboxylic acids is 1. The van der Waals surface area contributed by atoms with E-state index in [0.717, 1.165) is 23.6 Å². The molecule has 26 heavy (non-hydrogen) atoms. The van der Waals surface area contributed by atoms with Crippen LogP contribution in [0.1, 0.15) is 28.4 Å². The highest BCUT2D eigenvalue weighted by atomic mass is 16.1. The Morgan fingerprint density at radius 1 is 1.00 bits per heavy atom. The van der Waals surface area contributed by atoms with Gasteiger partial charge in [0.05, 0.1) is 11.9 Å². The second-order valence-corrected chi connectivity index (χ2v) is 6.31. The average molecular weight is 345 g/mol. The van der Waals surface area contributed by atoms with Crippen molar-refractivity contribution in [3.05, 3.63) is 83.6 Å². The highest BCUT2D eigenvalue weighted by Crippen LogP contribution is 2.25. The maximum Gasteiger partial charge on any atom is 0.255 e. The zero-order valence-electron chi connectivity index (χ0n) is 15.4. The molecule has 0 aliphatic carbocycles. The Hall–Kier alpha value is -3.14. The first-order valence-electron chi connectivity index (χ1n) is 8.75. The number of amides is 1. The van der Waals surface area contributed by atoms with Crippen LogP contribution in [-0.4, -0.2) is 17.4 Å². The topological polar surface area (TPSA) is 45.2 Å². The molecule has 0 aliphatic rings. The summed E-state index contributed by atoms with van der Waals surface area (Å²) in [6.07, 6.45) is 1.70. The predicted molar refractivity (Wildman–Crippen MR) is 107 cm³/mol. The molecule has 0 saturated carbocycles. The fourth-order valence-corrected chi connectivity index (χ4v) is 2.88. The first-order chi connectivity index (χ1) is 12.6. The van der Waals surface area contributed by atoms with Gasteiger partial charge in [-0.2, -0.15) is 0 Å². The molecule has 0 bridgehead atoms. The Balaban J connectivity index is 1.76. The van der Waals surface area contributed by atoms with E-state index in [1.807, 2.05) is 43.3 Å². The molecule has 1 aromatic heterocycles. The summed E-state index contributed by atoms with van der Waals surface area (Å²) in [4.78, 5) is 19.0. The highest BCUT2D eigenvalue weighted by Gasteiger charge is 2.10. The van der Waals surface area contributed by atoms with Gasteiger partial charge in [-0.3, -0.25) is 4.79 Å². The zero-order chi connectivity index (χ0) is 18.5. The summed E-state index contributed by atoms with van der Waals surface area (Å²) in [5.74, 6) is 0.723. The maximum atomic E-state index is 12.4. The lowest BCUT2D eigenvalue weighted by atomic mass is 10.1. The summed E-state index contributed by atoms with van der Waals surface area (Å²) >= 11 is 0. The summed E-state index contributed by atoms with van der Waals surface area (Å²) < 4.78 is 0. The van der Waals surface area contributed by atoms with Crippen LogP contribution < -0.4 is 10.2 Å². The minimum Gasteiger partial charge on any atom is -0.327 e. The standard InChI is InChI=1S/C22H23N3O/c1-4-25(20-10-6-8-17(3)14-20)21-12-11-19(15-23-21)24-22(26)18-9-5-7-16(2)13-18/h5-15H,4H2,1-3H3,(H,24,26). The van der Waals surface area contributed by atoms with Gasteiger partial charge < -0.3 is 10.2 Å². The van der Waals surface area contributed by atoms with Gasteiger partial charge in [-0.15, -0.1) is 0 Å². The second-order valence-electron chi connectivity index (χ2n) is 6.31. The number of nitrogens with zero attached hydrogens (tertiary/aromatic N) is 2. The summed E-state index contributed by atoms with van der Waals surface area (Å²) in [5, 5.41) is 2.90. The molecule has 0 saturated heterocycles. The van der Waals surface area contributed by atoms with Crippen molar-refractivity contribution in [1.29, 1.82) is 0 Å². The van der Waals surface area contributed by atoms with Crippen LogP contribution in [0.4, 0.5) is 17.2 Å². The highest BCUT2D eigenvalue weighted by molar-refractivity contribution is 6.04. The summed E-state index contributed by atoms with van der Waals surface area (Å²) in [5.41, 5.74) is 4.70. The van der Waals surface area contributed by atoms with Crippen LogP contribution in [-0.2, 0) is 0 Å². The number of benzene rings is 2. The Labute approximate surface area is 154 Å². The molecule has 0 unspecified atom stereocenters. The van der Waals surface area contributed by atoms with Crippen molar-refractivity contribution < 1.29 is 4.79 Å². The molecule has 0 spiro atoms. The van der Waals surface area contributed by atoms with Gasteiger partial charge >= 0.3 is 0 Å². The van der Waals surface area contributed by atoms with E-state index in [2.05, 4.69) is 47.2 Å². The third kappa shape index (κ3) is 4.09. The maximum absolute atomic E-state index is 12.4. The summed E-state index contributed by atoms with van der Waals surface area (Å²) in [7, 11) is 0. The summed E-state index contributed by atoms with van der Waals surface area (Å²) in [6.45, 7) is 6.95. The van der Waals surface area contributed by atoms with E-state index < -0.39 is 0 Å². The van der Waals surface area contributed by atoms with Crippen LogP contribution >= 0.6 is 0 Å². The van der Waals surface area contributed by atoms with Crippen LogP contribution in [0.3, 0.4) is 0 Å². The number of aromatic nitrogens is 1. The lowest BCUT2D eigenvalue weighted by Gasteiger charge is -2.22. The van der Waals surface area contributed by atoms with E-state index in [1.165, 1.54) is 5.56 Å². The number of nitrogens with one attached hydrogen (secondary N) is 1. The van der Waals surface area contributed by atoms with Gasteiger partial charge in [0.1, 0.15) is 5.82 Å². The molecular weight excluding hydrogens is 322 g/mol. The van der Waals surface area contributed by atoms with Gasteiger partial charge in [0.25, 0.3) is 5.91 Å². The van der Waals surface area contributed by atoms with Crippen LogP contribution in [0.25, 0.3) is 0 Å². The number of hydrogen-bond donors (Lipinski definition) is 1. The van der Waals surface area contributed by atoms with Crippen molar-refractivity contribution >= 4 is 23.1 Å². The molecule has 0 atom stereocenters. The summed E-state index contributed by atoms with van der Waals surface area (Å²) in [6, 6.07) is 19.7. The number of carbonyl (C=O) groups is 1. The van der Waals surface area contributed by atoms with E-state index in [-0.39, 0.29) is 5.91 Å². The minimum atomic E-state index is -0.130. The van der Waals surface area contributed by atoms with E-state index >= 15 is 0 Å². The molecule has 4 heteroatoms. The fraction of sp³-hybridized carbons (Fsp3) is 0.182. The van der Waals surface area contributed by atoms with Crippen LogP contribution in [0.2, 0.25) is 0 Å². The SMILES string of the molecule is CCN(c1cccc(C)c1)c1ccc(NC(=O)c2cccc(C)c2)cn1. The van der Waals surface area contributed by atoms with Crippen molar-refractivity contribution in [2.45, 2.75) is 20.8 Å². The lowest BCUT2D eigenvalue weighted by Crippen LogP contribution is -2.18. The fourth-order valence-electron chi connectivity index (χ4n) is 2.88. The van der Waals surface area contributed by atoms with Crippen LogP contribution in [0.5, 0.6) is 0 Å². The van der Waals surface area contributed by atoms with Crippen LogP contribution in [0, 0.1) is 13.8 Å². The predicted octanol–water partition coefficient (Wildman–Crippen LogP) is 5.11. The molecule has 4 nitrogen and oxygen atoms in total. The zero-order valence-corrected chi connectivity index (χ0v) is 15.4. The molecule has 0 radical (unpaired) electrons. The Morgan fingerprint density at radius 2 is 1.73 bits per heavy atom. The average Bonchev–Trinajstić information content (AvgIpc) is 2.64. The van der Waals surface area contributed by atoms with E-state index in [1.54, 1.807) is 12.3 Å². The first-order valence-corrected chi connectivity index (χ1v) is 8.75. The third-order valence-electron chi connectivity index (χ3n) is 4.19. The van der Waals surface area contributed by atoms with Crippen molar-refractivity contribution in [3.63, 3.8) is 0 Å². The lowest BCUT2D eigenvalue weighted by molar-refractivity contribution is 0.102. The molecule has 1 amide bonds. The van der Waals surface area contributed by atoms with Crippen molar-refractivity contribution in [1.82, 2.24) is 4.98 Å². The van der Waals surface area contributed by atoms with Crippen LogP contribution in [0.15, 0.2) is 66.9 Å². The molecule has 1 heterocycles. The number of rotatable bonds is 5. The van der Waals surface area contributed by atoms with E-state index in [4.69, 9.17) is 0 Å². The van der Waals surface area contributed by atoms with Gasteiger partial charge in [-0.05, 0) is 62.7 Å². The Morgan fingerprint density at radius 3 is 2.35 bits per heavy atom.